The van der Waals surface area contributed by atoms with Crippen LogP contribution < -0.4 is 15.8 Å². The van der Waals surface area contributed by atoms with Crippen molar-refractivity contribution in [3.05, 3.63) is 65.2 Å². The van der Waals surface area contributed by atoms with Gasteiger partial charge in [-0.2, -0.15) is 0 Å². The molecule has 0 unspecified atom stereocenters. The molecule has 0 aromatic heterocycles. The van der Waals surface area contributed by atoms with Crippen LogP contribution in [-0.4, -0.2) is 11.9 Å². The van der Waals surface area contributed by atoms with Gasteiger partial charge in [0.05, 0.1) is 6.04 Å². The second-order valence-electron chi connectivity index (χ2n) is 5.19. The van der Waals surface area contributed by atoms with Crippen molar-refractivity contribution in [2.45, 2.75) is 26.1 Å². The van der Waals surface area contributed by atoms with Crippen molar-refractivity contribution in [1.29, 1.82) is 0 Å². The maximum atomic E-state index is 13.1. The first-order valence-corrected chi connectivity index (χ1v) is 7.14. The van der Waals surface area contributed by atoms with Crippen molar-refractivity contribution < 1.29 is 18.3 Å². The molecule has 0 radical (unpaired) electrons. The maximum absolute atomic E-state index is 13.1. The van der Waals surface area contributed by atoms with E-state index in [4.69, 9.17) is 10.5 Å². The van der Waals surface area contributed by atoms with Gasteiger partial charge in [0.2, 0.25) is 5.91 Å². The quantitative estimate of drug-likeness (QED) is 0.824. The summed E-state index contributed by atoms with van der Waals surface area (Å²) in [6, 6.07) is 10.5. The van der Waals surface area contributed by atoms with Gasteiger partial charge in [-0.1, -0.05) is 24.3 Å². The van der Waals surface area contributed by atoms with Gasteiger partial charge in [-0.3, -0.25) is 4.79 Å². The molecule has 0 aliphatic heterocycles. The third-order valence-corrected chi connectivity index (χ3v) is 3.36. The molecule has 0 spiro atoms. The Labute approximate surface area is 133 Å². The molecule has 0 aliphatic rings. The van der Waals surface area contributed by atoms with Crippen molar-refractivity contribution in [1.82, 2.24) is 5.32 Å². The number of nitrogens with one attached hydrogen (secondary N) is 1. The number of rotatable bonds is 7. The molecular weight excluding hydrogens is 302 g/mol. The predicted octanol–water partition coefficient (Wildman–Crippen LogP) is 2.51. The van der Waals surface area contributed by atoms with Crippen LogP contribution in [0.25, 0.3) is 0 Å². The first kappa shape index (κ1) is 16.9. The third kappa shape index (κ3) is 5.03. The number of carbonyl (C=O) groups excluding carboxylic acids is 1. The third-order valence-electron chi connectivity index (χ3n) is 3.36. The van der Waals surface area contributed by atoms with E-state index in [1.165, 1.54) is 6.07 Å². The van der Waals surface area contributed by atoms with Crippen molar-refractivity contribution in [3.63, 3.8) is 0 Å². The molecule has 1 amide bonds. The van der Waals surface area contributed by atoms with E-state index < -0.39 is 23.6 Å². The van der Waals surface area contributed by atoms with Crippen LogP contribution in [0.4, 0.5) is 8.78 Å². The zero-order valence-electron chi connectivity index (χ0n) is 12.7. The van der Waals surface area contributed by atoms with Gasteiger partial charge < -0.3 is 15.8 Å². The number of ether oxygens (including phenoxy) is 1. The number of carbonyl (C=O) groups is 1. The van der Waals surface area contributed by atoms with Gasteiger partial charge >= 0.3 is 0 Å². The molecule has 2 rings (SSSR count). The lowest BCUT2D eigenvalue weighted by Crippen LogP contribution is -2.38. The predicted molar refractivity (Wildman–Crippen MR) is 82.6 cm³/mol. The summed E-state index contributed by atoms with van der Waals surface area (Å²) < 4.78 is 31.3. The molecular formula is C17H18F2N2O2. The lowest BCUT2D eigenvalue weighted by Gasteiger charge is -2.11. The number of primary amides is 1. The van der Waals surface area contributed by atoms with Crippen LogP contribution in [0.1, 0.15) is 18.1 Å². The van der Waals surface area contributed by atoms with E-state index in [9.17, 15) is 13.6 Å². The number of hydrogen-bond donors (Lipinski definition) is 2. The molecule has 0 saturated heterocycles. The van der Waals surface area contributed by atoms with E-state index in [0.29, 0.717) is 6.54 Å². The van der Waals surface area contributed by atoms with Gasteiger partial charge in [0.15, 0.2) is 11.6 Å². The average Bonchev–Trinajstić information content (AvgIpc) is 2.54. The number of nitrogens with two attached hydrogens (primary N) is 1. The summed E-state index contributed by atoms with van der Waals surface area (Å²) in [5.74, 6) is -1.97. The molecule has 0 heterocycles. The van der Waals surface area contributed by atoms with Crippen LogP contribution >= 0.6 is 0 Å². The van der Waals surface area contributed by atoms with E-state index in [2.05, 4.69) is 5.32 Å². The van der Waals surface area contributed by atoms with Crippen LogP contribution in [0.2, 0.25) is 0 Å². The van der Waals surface area contributed by atoms with Crippen LogP contribution in [0, 0.1) is 11.6 Å². The Balaban J connectivity index is 1.87. The summed E-state index contributed by atoms with van der Waals surface area (Å²) in [4.78, 5) is 10.9. The van der Waals surface area contributed by atoms with Crippen LogP contribution in [0.3, 0.4) is 0 Å². The van der Waals surface area contributed by atoms with Crippen molar-refractivity contribution in [2.75, 3.05) is 0 Å². The fourth-order valence-corrected chi connectivity index (χ4v) is 1.86. The zero-order chi connectivity index (χ0) is 16.8. The highest BCUT2D eigenvalue weighted by Crippen LogP contribution is 2.17. The topological polar surface area (TPSA) is 64.3 Å². The van der Waals surface area contributed by atoms with E-state index in [1.807, 2.05) is 24.3 Å². The minimum absolute atomic E-state index is 0.246. The Morgan fingerprint density at radius 3 is 2.39 bits per heavy atom. The van der Waals surface area contributed by atoms with E-state index >= 15 is 0 Å². The van der Waals surface area contributed by atoms with Crippen LogP contribution in [0.5, 0.6) is 5.75 Å². The monoisotopic (exact) mass is 320 g/mol. The second kappa shape index (κ2) is 7.69. The number of halogens is 2. The summed E-state index contributed by atoms with van der Waals surface area (Å²) in [6.45, 7) is 2.47. The summed E-state index contributed by atoms with van der Waals surface area (Å²) in [7, 11) is 0. The van der Waals surface area contributed by atoms with Crippen molar-refractivity contribution >= 4 is 5.91 Å². The smallest absolute Gasteiger partial charge is 0.234 e. The standard InChI is InChI=1S/C17H18F2N2O2/c1-11(17(20)22)21-9-12-2-4-13(5-3-12)10-23-14-6-7-15(18)16(19)8-14/h2-8,11,21H,9-10H2,1H3,(H2,20,22)/t11-/m0/s1. The first-order valence-electron chi connectivity index (χ1n) is 7.14. The molecule has 0 saturated carbocycles. The minimum atomic E-state index is -0.938. The highest BCUT2D eigenvalue weighted by molar-refractivity contribution is 5.79. The Morgan fingerprint density at radius 2 is 1.78 bits per heavy atom. The normalized spacial score (nSPS) is 12.0. The van der Waals surface area contributed by atoms with Crippen molar-refractivity contribution in [3.8, 4) is 5.75 Å². The lowest BCUT2D eigenvalue weighted by molar-refractivity contribution is -0.119. The van der Waals surface area contributed by atoms with Gasteiger partial charge in [0, 0.05) is 12.6 Å². The molecule has 3 N–H and O–H groups in total. The minimum Gasteiger partial charge on any atom is -0.489 e. The Hall–Kier alpha value is -2.47. The van der Waals surface area contributed by atoms with E-state index in [-0.39, 0.29) is 12.4 Å². The molecule has 23 heavy (non-hydrogen) atoms. The molecule has 0 aliphatic carbocycles. The largest absolute Gasteiger partial charge is 0.489 e. The summed E-state index contributed by atoms with van der Waals surface area (Å²) in [5.41, 5.74) is 7.06. The zero-order valence-corrected chi connectivity index (χ0v) is 12.7. The van der Waals surface area contributed by atoms with Gasteiger partial charge in [0.1, 0.15) is 12.4 Å². The van der Waals surface area contributed by atoms with Crippen LogP contribution in [0.15, 0.2) is 42.5 Å². The van der Waals surface area contributed by atoms with E-state index in [1.54, 1.807) is 6.92 Å². The Morgan fingerprint density at radius 1 is 1.13 bits per heavy atom. The Bertz CT molecular complexity index is 675. The molecule has 1 atom stereocenters. The van der Waals surface area contributed by atoms with Gasteiger partial charge in [-0.05, 0) is 30.2 Å². The SMILES string of the molecule is C[C@H](NCc1ccc(COc2ccc(F)c(F)c2)cc1)C(N)=O. The molecule has 2 aromatic rings. The van der Waals surface area contributed by atoms with Crippen LogP contribution in [-0.2, 0) is 17.9 Å². The molecule has 6 heteroatoms. The summed E-state index contributed by atoms with van der Waals surface area (Å²) in [5, 5.41) is 3.00. The van der Waals surface area contributed by atoms with Crippen molar-refractivity contribution in [2.24, 2.45) is 5.73 Å². The maximum Gasteiger partial charge on any atom is 0.234 e. The highest BCUT2D eigenvalue weighted by atomic mass is 19.2. The fraction of sp³-hybridized carbons (Fsp3) is 0.235. The molecule has 2 aromatic carbocycles. The Kier molecular flexibility index (Phi) is 5.65. The van der Waals surface area contributed by atoms with Gasteiger partial charge in [-0.15, -0.1) is 0 Å². The lowest BCUT2D eigenvalue weighted by atomic mass is 10.1. The fourth-order valence-electron chi connectivity index (χ4n) is 1.86. The average molecular weight is 320 g/mol. The number of amides is 1. The highest BCUT2D eigenvalue weighted by Gasteiger charge is 2.07. The van der Waals surface area contributed by atoms with E-state index in [0.717, 1.165) is 23.3 Å². The molecule has 122 valence electrons. The number of benzene rings is 2. The summed E-state index contributed by atoms with van der Waals surface area (Å²) >= 11 is 0. The summed E-state index contributed by atoms with van der Waals surface area (Å²) in [6.07, 6.45) is 0. The number of hydrogen-bond acceptors (Lipinski definition) is 3. The molecule has 4 nitrogen and oxygen atoms in total. The van der Waals surface area contributed by atoms with Gasteiger partial charge in [-0.25, -0.2) is 8.78 Å². The second-order valence-corrected chi connectivity index (χ2v) is 5.19. The first-order chi connectivity index (χ1) is 11.0. The molecule has 0 fully saturated rings. The molecule has 0 bridgehead atoms. The van der Waals surface area contributed by atoms with Gasteiger partial charge in [0.25, 0.3) is 0 Å².